The lowest BCUT2D eigenvalue weighted by Gasteiger charge is -2.25. The van der Waals surface area contributed by atoms with Gasteiger partial charge in [0.25, 0.3) is 11.5 Å². The molecule has 7 nitrogen and oxygen atoms in total. The van der Waals surface area contributed by atoms with Gasteiger partial charge in [0, 0.05) is 24.6 Å². The van der Waals surface area contributed by atoms with E-state index < -0.39 is 20.5 Å². The van der Waals surface area contributed by atoms with Crippen LogP contribution >= 0.6 is 0 Å². The van der Waals surface area contributed by atoms with Crippen LogP contribution in [0.5, 0.6) is 0 Å². The first-order valence-corrected chi connectivity index (χ1v) is 9.90. The summed E-state index contributed by atoms with van der Waals surface area (Å²) in [6, 6.07) is 11.2. The Balaban J connectivity index is 2.35. The number of aromatic nitrogens is 1. The molecule has 0 saturated carbocycles. The van der Waals surface area contributed by atoms with E-state index in [0.717, 1.165) is 17.4 Å². The number of sulfone groups is 1. The molecule has 2 aromatic rings. The summed E-state index contributed by atoms with van der Waals surface area (Å²) in [5, 5.41) is 8.86. The van der Waals surface area contributed by atoms with Crippen molar-refractivity contribution in [2.75, 3.05) is 6.26 Å². The van der Waals surface area contributed by atoms with Crippen molar-refractivity contribution in [2.45, 2.75) is 31.6 Å². The number of aryl methyl sites for hydroxylation is 1. The molecule has 0 unspecified atom stereocenters. The number of benzene rings is 1. The van der Waals surface area contributed by atoms with Crippen molar-refractivity contribution in [3.63, 3.8) is 0 Å². The van der Waals surface area contributed by atoms with Gasteiger partial charge in [-0.15, -0.1) is 0 Å². The number of nitrogens with zero attached hydrogens (tertiary/aromatic N) is 1. The molecule has 1 amide bonds. The molecule has 0 spiro atoms. The number of hydroxylamine groups is 1. The van der Waals surface area contributed by atoms with Gasteiger partial charge in [-0.25, -0.2) is 13.9 Å². The predicted octanol–water partition coefficient (Wildman–Crippen LogP) is 1.52. The van der Waals surface area contributed by atoms with Crippen molar-refractivity contribution in [2.24, 2.45) is 0 Å². The van der Waals surface area contributed by atoms with Crippen LogP contribution in [-0.2, 0) is 21.2 Å². The van der Waals surface area contributed by atoms with Crippen LogP contribution in [0.4, 0.5) is 0 Å². The third kappa shape index (κ3) is 3.71. The highest BCUT2D eigenvalue weighted by molar-refractivity contribution is 7.92. The number of carbonyl (C=O) groups excluding carboxylic acids is 1. The van der Waals surface area contributed by atoms with Crippen LogP contribution in [0.25, 0.3) is 11.1 Å². The third-order valence-electron chi connectivity index (χ3n) is 4.72. The van der Waals surface area contributed by atoms with Gasteiger partial charge in [0.05, 0.1) is 0 Å². The topological polar surface area (TPSA) is 105 Å². The SMILES string of the molecule is Cc1c(-c2ccccc2)ccn(CC[C@](C)(C(=O)NO)S(C)(=O)=O)c1=O. The number of hydrogen-bond donors (Lipinski definition) is 2. The fourth-order valence-electron chi connectivity index (χ4n) is 2.71. The normalized spacial score (nSPS) is 13.8. The Hall–Kier alpha value is -2.45. The zero-order valence-corrected chi connectivity index (χ0v) is 15.7. The maximum atomic E-state index is 12.6. The first-order valence-electron chi connectivity index (χ1n) is 8.01. The molecule has 0 saturated heterocycles. The lowest BCUT2D eigenvalue weighted by atomic mass is 10.0. The summed E-state index contributed by atoms with van der Waals surface area (Å²) >= 11 is 0. The van der Waals surface area contributed by atoms with E-state index >= 15 is 0 Å². The quantitative estimate of drug-likeness (QED) is 0.586. The summed E-state index contributed by atoms with van der Waals surface area (Å²) in [5.41, 5.74) is 3.38. The largest absolute Gasteiger partial charge is 0.315 e. The predicted molar refractivity (Wildman–Crippen MR) is 98.7 cm³/mol. The lowest BCUT2D eigenvalue weighted by Crippen LogP contribution is -2.50. The van der Waals surface area contributed by atoms with Crippen molar-refractivity contribution < 1.29 is 18.4 Å². The van der Waals surface area contributed by atoms with Gasteiger partial charge in [0.15, 0.2) is 14.6 Å². The summed E-state index contributed by atoms with van der Waals surface area (Å²) in [7, 11) is -3.81. The fourth-order valence-corrected chi connectivity index (χ4v) is 3.56. The molecule has 0 fully saturated rings. The third-order valence-corrected chi connectivity index (χ3v) is 6.75. The smallest absolute Gasteiger partial charge is 0.264 e. The van der Waals surface area contributed by atoms with Crippen LogP contribution in [0, 0.1) is 6.92 Å². The zero-order valence-electron chi connectivity index (χ0n) is 14.9. The van der Waals surface area contributed by atoms with Crippen LogP contribution in [-0.4, -0.2) is 35.1 Å². The molecule has 140 valence electrons. The number of nitrogens with one attached hydrogen (secondary N) is 1. The van der Waals surface area contributed by atoms with Gasteiger partial charge in [-0.3, -0.25) is 14.8 Å². The number of rotatable bonds is 6. The maximum absolute atomic E-state index is 12.6. The first-order chi connectivity index (χ1) is 12.1. The molecule has 0 radical (unpaired) electrons. The first kappa shape index (κ1) is 19.9. The number of carbonyl (C=O) groups is 1. The molecule has 0 aliphatic carbocycles. The molecule has 2 rings (SSSR count). The maximum Gasteiger partial charge on any atom is 0.264 e. The van der Waals surface area contributed by atoms with Gasteiger partial charge in [-0.05, 0) is 37.5 Å². The van der Waals surface area contributed by atoms with E-state index in [1.807, 2.05) is 30.3 Å². The molecular formula is C18H22N2O5S. The minimum absolute atomic E-state index is 0.0196. The van der Waals surface area contributed by atoms with E-state index in [1.165, 1.54) is 17.0 Å². The Morgan fingerprint density at radius 1 is 1.23 bits per heavy atom. The molecule has 8 heteroatoms. The Morgan fingerprint density at radius 3 is 2.38 bits per heavy atom. The Bertz CT molecular complexity index is 967. The van der Waals surface area contributed by atoms with Gasteiger partial charge in [-0.1, -0.05) is 30.3 Å². The van der Waals surface area contributed by atoms with Crippen molar-refractivity contribution in [3.8, 4) is 11.1 Å². The van der Waals surface area contributed by atoms with E-state index in [1.54, 1.807) is 19.2 Å². The Morgan fingerprint density at radius 2 is 1.85 bits per heavy atom. The average Bonchev–Trinajstić information content (AvgIpc) is 2.61. The second-order valence-electron chi connectivity index (χ2n) is 6.41. The van der Waals surface area contributed by atoms with E-state index in [4.69, 9.17) is 5.21 Å². The van der Waals surface area contributed by atoms with Gasteiger partial charge < -0.3 is 4.57 Å². The molecule has 2 N–H and O–H groups in total. The monoisotopic (exact) mass is 378 g/mol. The zero-order chi connectivity index (χ0) is 19.5. The van der Waals surface area contributed by atoms with Crippen molar-refractivity contribution >= 4 is 15.7 Å². The lowest BCUT2D eigenvalue weighted by molar-refractivity contribution is -0.131. The number of pyridine rings is 1. The summed E-state index contributed by atoms with van der Waals surface area (Å²) in [5.74, 6) is -1.02. The standard InChI is InChI=1S/C18H22N2O5S/c1-13-15(14-7-5-4-6-8-14)9-11-20(16(13)21)12-10-18(2,17(22)19-23)26(3,24)25/h4-9,11,23H,10,12H2,1-3H3,(H,19,22)/t18-/m1/s1. The van der Waals surface area contributed by atoms with Crippen LogP contribution < -0.4 is 11.0 Å². The molecule has 0 aliphatic rings. The second kappa shape index (κ2) is 7.43. The minimum atomic E-state index is -3.81. The van der Waals surface area contributed by atoms with Gasteiger partial charge in [-0.2, -0.15) is 0 Å². The van der Waals surface area contributed by atoms with E-state index in [9.17, 15) is 18.0 Å². The number of amides is 1. The van der Waals surface area contributed by atoms with Crippen LogP contribution in [0.3, 0.4) is 0 Å². The molecule has 0 bridgehead atoms. The summed E-state index contributed by atoms with van der Waals surface area (Å²) in [6.45, 7) is 2.95. The Labute approximate surface area is 152 Å². The van der Waals surface area contributed by atoms with E-state index in [-0.39, 0.29) is 18.5 Å². The van der Waals surface area contributed by atoms with Gasteiger partial charge >= 0.3 is 0 Å². The van der Waals surface area contributed by atoms with Crippen molar-refractivity contribution in [1.82, 2.24) is 10.0 Å². The summed E-state index contributed by atoms with van der Waals surface area (Å²) in [6.07, 6.45) is 2.36. The molecule has 0 aliphatic heterocycles. The number of hydrogen-bond acceptors (Lipinski definition) is 5. The van der Waals surface area contributed by atoms with Crippen molar-refractivity contribution in [1.29, 1.82) is 0 Å². The molecule has 1 atom stereocenters. The second-order valence-corrected chi connectivity index (χ2v) is 8.86. The summed E-state index contributed by atoms with van der Waals surface area (Å²) in [4.78, 5) is 24.5. The van der Waals surface area contributed by atoms with Gasteiger partial charge in [0.2, 0.25) is 0 Å². The van der Waals surface area contributed by atoms with Crippen LogP contribution in [0.1, 0.15) is 18.9 Å². The molecule has 1 aromatic heterocycles. The van der Waals surface area contributed by atoms with Crippen molar-refractivity contribution in [3.05, 3.63) is 58.5 Å². The molecule has 1 aromatic carbocycles. The molecule has 26 heavy (non-hydrogen) atoms. The van der Waals surface area contributed by atoms with Gasteiger partial charge in [0.1, 0.15) is 0 Å². The Kier molecular flexibility index (Phi) is 5.68. The highest BCUT2D eigenvalue weighted by Gasteiger charge is 2.43. The highest BCUT2D eigenvalue weighted by atomic mass is 32.2. The van der Waals surface area contributed by atoms with Crippen LogP contribution in [0.2, 0.25) is 0 Å². The van der Waals surface area contributed by atoms with Crippen LogP contribution in [0.15, 0.2) is 47.4 Å². The molecule has 1 heterocycles. The minimum Gasteiger partial charge on any atom is -0.315 e. The average molecular weight is 378 g/mol. The molecular weight excluding hydrogens is 356 g/mol. The summed E-state index contributed by atoms with van der Waals surface area (Å²) < 4.78 is 23.5. The highest BCUT2D eigenvalue weighted by Crippen LogP contribution is 2.23. The van der Waals surface area contributed by atoms with E-state index in [0.29, 0.717) is 5.56 Å². The van der Waals surface area contributed by atoms with E-state index in [2.05, 4.69) is 0 Å². The fraction of sp³-hybridized carbons (Fsp3) is 0.333.